The van der Waals surface area contributed by atoms with Crippen LogP contribution in [0.15, 0.2) is 23.1 Å². The molecule has 1 atom stereocenters. The second kappa shape index (κ2) is 5.69. The average molecular weight is 314 g/mol. The van der Waals surface area contributed by atoms with E-state index < -0.39 is 0 Å². The molecule has 23 heavy (non-hydrogen) atoms. The van der Waals surface area contributed by atoms with Crippen molar-refractivity contribution < 1.29 is 9.32 Å². The highest BCUT2D eigenvalue weighted by atomic mass is 16.5. The third kappa shape index (κ3) is 2.59. The third-order valence-corrected chi connectivity index (χ3v) is 4.58. The van der Waals surface area contributed by atoms with Gasteiger partial charge in [-0.15, -0.1) is 0 Å². The quantitative estimate of drug-likeness (QED) is 0.830. The molecule has 0 bridgehead atoms. The van der Waals surface area contributed by atoms with Crippen molar-refractivity contribution in [3.8, 4) is 0 Å². The van der Waals surface area contributed by atoms with Crippen molar-refractivity contribution >= 4 is 5.91 Å². The van der Waals surface area contributed by atoms with Crippen LogP contribution in [-0.4, -0.2) is 62.5 Å². The summed E-state index contributed by atoms with van der Waals surface area (Å²) in [5.74, 6) is 1.43. The number of hydrogen-bond acceptors (Lipinski definition) is 7. The van der Waals surface area contributed by atoms with Gasteiger partial charge in [0.2, 0.25) is 5.89 Å². The average Bonchev–Trinajstić information content (AvgIpc) is 3.15. The zero-order valence-corrected chi connectivity index (χ0v) is 12.9. The fraction of sp³-hybridized carbons (Fsp3) is 0.533. The number of carbonyl (C=O) groups excluding carboxylic acids is 1. The minimum absolute atomic E-state index is 0.103. The Hall–Kier alpha value is -2.35. The van der Waals surface area contributed by atoms with Crippen LogP contribution < -0.4 is 0 Å². The van der Waals surface area contributed by atoms with Gasteiger partial charge in [0.05, 0.1) is 18.2 Å². The molecule has 4 heterocycles. The number of rotatable bonds is 3. The van der Waals surface area contributed by atoms with Crippen LogP contribution in [0.3, 0.4) is 0 Å². The topological polar surface area (TPSA) is 88.3 Å². The van der Waals surface area contributed by atoms with Crippen molar-refractivity contribution in [3.63, 3.8) is 0 Å². The van der Waals surface area contributed by atoms with Gasteiger partial charge in [-0.25, -0.2) is 4.98 Å². The van der Waals surface area contributed by atoms with Gasteiger partial charge in [-0.1, -0.05) is 5.16 Å². The number of carbonyl (C=O) groups is 1. The van der Waals surface area contributed by atoms with E-state index in [1.54, 1.807) is 11.1 Å². The summed E-state index contributed by atoms with van der Waals surface area (Å²) < 4.78 is 5.43. The van der Waals surface area contributed by atoms with E-state index in [9.17, 15) is 4.79 Å². The van der Waals surface area contributed by atoms with Gasteiger partial charge in [0.25, 0.3) is 5.91 Å². The number of hydrogen-bond donors (Lipinski definition) is 0. The molecule has 8 nitrogen and oxygen atoms in total. The second-order valence-corrected chi connectivity index (χ2v) is 6.13. The summed E-state index contributed by atoms with van der Waals surface area (Å²) >= 11 is 0. The molecule has 0 aromatic carbocycles. The molecule has 0 radical (unpaired) electrons. The Kier molecular flexibility index (Phi) is 3.53. The van der Waals surface area contributed by atoms with E-state index in [0.29, 0.717) is 30.5 Å². The van der Waals surface area contributed by atoms with Crippen molar-refractivity contribution in [2.24, 2.45) is 0 Å². The van der Waals surface area contributed by atoms with E-state index in [2.05, 4.69) is 32.1 Å². The number of likely N-dealkylation sites (tertiary alicyclic amines) is 2. The molecule has 2 fully saturated rings. The molecule has 120 valence electrons. The van der Waals surface area contributed by atoms with Gasteiger partial charge in [-0.2, -0.15) is 4.98 Å². The Morgan fingerprint density at radius 1 is 1.35 bits per heavy atom. The summed E-state index contributed by atoms with van der Waals surface area (Å²) in [6.07, 6.45) is 6.77. The highest BCUT2D eigenvalue weighted by Gasteiger charge is 2.37. The van der Waals surface area contributed by atoms with Crippen LogP contribution in [0.4, 0.5) is 0 Å². The van der Waals surface area contributed by atoms with E-state index >= 15 is 0 Å². The largest absolute Gasteiger partial charge is 0.338 e. The minimum Gasteiger partial charge on any atom is -0.338 e. The molecule has 2 saturated heterocycles. The molecule has 2 aliphatic rings. The Balaban J connectivity index is 1.39. The first-order valence-corrected chi connectivity index (χ1v) is 7.81. The Labute approximate surface area is 133 Å². The van der Waals surface area contributed by atoms with Gasteiger partial charge in [0, 0.05) is 25.5 Å². The first kappa shape index (κ1) is 14.3. The smallest absolute Gasteiger partial charge is 0.274 e. The van der Waals surface area contributed by atoms with Gasteiger partial charge in [0.1, 0.15) is 5.69 Å². The van der Waals surface area contributed by atoms with Gasteiger partial charge in [-0.05, 0) is 26.4 Å². The Bertz CT molecular complexity index is 697. The lowest BCUT2D eigenvalue weighted by Gasteiger charge is -2.37. The molecule has 2 aromatic rings. The number of aromatic nitrogens is 4. The van der Waals surface area contributed by atoms with Crippen LogP contribution in [0.5, 0.6) is 0 Å². The van der Waals surface area contributed by atoms with E-state index in [1.807, 2.05) is 0 Å². The normalized spacial score (nSPS) is 22.3. The predicted octanol–water partition coefficient (Wildman–Crippen LogP) is 0.866. The molecular formula is C15H18N6O2. The van der Waals surface area contributed by atoms with Gasteiger partial charge in [0.15, 0.2) is 5.82 Å². The van der Waals surface area contributed by atoms with Crippen LogP contribution in [0.1, 0.15) is 47.0 Å². The maximum absolute atomic E-state index is 12.2. The SMILES string of the molecule is CN1CCCC1c1nc(C2CN(C(=O)c3cnccn3)C2)no1. The van der Waals surface area contributed by atoms with E-state index in [-0.39, 0.29) is 17.9 Å². The maximum atomic E-state index is 12.2. The summed E-state index contributed by atoms with van der Waals surface area (Å²) in [7, 11) is 2.08. The van der Waals surface area contributed by atoms with E-state index in [1.165, 1.54) is 12.4 Å². The van der Waals surface area contributed by atoms with E-state index in [0.717, 1.165) is 19.4 Å². The van der Waals surface area contributed by atoms with Crippen molar-refractivity contribution in [2.45, 2.75) is 24.8 Å². The summed E-state index contributed by atoms with van der Waals surface area (Å²) in [6.45, 7) is 2.25. The van der Waals surface area contributed by atoms with Crippen molar-refractivity contribution in [1.29, 1.82) is 0 Å². The van der Waals surface area contributed by atoms with Crippen molar-refractivity contribution in [1.82, 2.24) is 29.9 Å². The fourth-order valence-electron chi connectivity index (χ4n) is 3.15. The third-order valence-electron chi connectivity index (χ3n) is 4.58. The Morgan fingerprint density at radius 2 is 2.22 bits per heavy atom. The first-order valence-electron chi connectivity index (χ1n) is 7.81. The standard InChI is InChI=1S/C15H18N6O2/c1-20-6-2-3-12(20)14-18-13(19-23-14)10-8-21(9-10)15(22)11-7-16-4-5-17-11/h4-5,7,10,12H,2-3,6,8-9H2,1H3. The lowest BCUT2D eigenvalue weighted by molar-refractivity contribution is 0.0585. The lowest BCUT2D eigenvalue weighted by Crippen LogP contribution is -2.49. The molecule has 0 N–H and O–H groups in total. The predicted molar refractivity (Wildman–Crippen MR) is 79.6 cm³/mol. The molecule has 8 heteroatoms. The lowest BCUT2D eigenvalue weighted by atomic mass is 9.99. The molecule has 1 unspecified atom stereocenters. The van der Waals surface area contributed by atoms with E-state index in [4.69, 9.17) is 4.52 Å². The van der Waals surface area contributed by atoms with Crippen LogP contribution in [0.2, 0.25) is 0 Å². The number of amides is 1. The molecule has 4 rings (SSSR count). The molecular weight excluding hydrogens is 296 g/mol. The van der Waals surface area contributed by atoms with Crippen LogP contribution in [0, 0.1) is 0 Å². The molecule has 0 saturated carbocycles. The van der Waals surface area contributed by atoms with Gasteiger partial charge >= 0.3 is 0 Å². The van der Waals surface area contributed by atoms with Crippen LogP contribution in [-0.2, 0) is 0 Å². The first-order chi connectivity index (χ1) is 11.2. The summed E-state index contributed by atoms with van der Waals surface area (Å²) in [6, 6.07) is 0.230. The molecule has 2 aliphatic heterocycles. The molecule has 0 spiro atoms. The maximum Gasteiger partial charge on any atom is 0.274 e. The summed E-state index contributed by atoms with van der Waals surface area (Å²) in [5, 5.41) is 4.11. The Morgan fingerprint density at radius 3 is 2.91 bits per heavy atom. The minimum atomic E-state index is -0.103. The van der Waals surface area contributed by atoms with Crippen LogP contribution in [0.25, 0.3) is 0 Å². The molecule has 1 amide bonds. The summed E-state index contributed by atoms with van der Waals surface area (Å²) in [4.78, 5) is 28.7. The number of nitrogens with zero attached hydrogens (tertiary/aromatic N) is 6. The second-order valence-electron chi connectivity index (χ2n) is 6.13. The molecule has 2 aromatic heterocycles. The van der Waals surface area contributed by atoms with Gasteiger partial charge < -0.3 is 9.42 Å². The van der Waals surface area contributed by atoms with Crippen molar-refractivity contribution in [2.75, 3.05) is 26.7 Å². The van der Waals surface area contributed by atoms with Gasteiger partial charge in [-0.3, -0.25) is 14.7 Å². The van der Waals surface area contributed by atoms with Crippen molar-refractivity contribution in [3.05, 3.63) is 36.0 Å². The monoisotopic (exact) mass is 314 g/mol. The highest BCUT2D eigenvalue weighted by molar-refractivity contribution is 5.92. The summed E-state index contributed by atoms with van der Waals surface area (Å²) in [5.41, 5.74) is 0.368. The molecule has 0 aliphatic carbocycles. The highest BCUT2D eigenvalue weighted by Crippen LogP contribution is 2.31. The van der Waals surface area contributed by atoms with Crippen LogP contribution >= 0.6 is 0 Å². The fourth-order valence-corrected chi connectivity index (χ4v) is 3.15. The zero-order chi connectivity index (χ0) is 15.8. The zero-order valence-electron chi connectivity index (χ0n) is 12.9.